The molecule has 4 fully saturated rings. The number of carbonyl (C=O) groups is 2. The van der Waals surface area contributed by atoms with Crippen LogP contribution in [0.15, 0.2) is 11.6 Å². The first-order valence-corrected chi connectivity index (χ1v) is 13.8. The highest BCUT2D eigenvalue weighted by atomic mass is 16.4. The zero-order chi connectivity index (χ0) is 26.0. The zero-order valence-electron chi connectivity index (χ0n) is 22.8. The van der Waals surface area contributed by atoms with Crippen molar-refractivity contribution in [2.24, 2.45) is 50.2 Å². The van der Waals surface area contributed by atoms with E-state index in [-0.39, 0.29) is 39.8 Å². The summed E-state index contributed by atoms with van der Waals surface area (Å²) in [6, 6.07) is 0. The molecule has 9 atom stereocenters. The second kappa shape index (κ2) is 7.22. The number of rotatable bonds is 1. The molecule has 35 heavy (non-hydrogen) atoms. The van der Waals surface area contributed by atoms with Crippen LogP contribution in [0.25, 0.3) is 0 Å². The molecule has 0 saturated heterocycles. The van der Waals surface area contributed by atoms with Crippen molar-refractivity contribution in [3.05, 3.63) is 11.6 Å². The van der Waals surface area contributed by atoms with E-state index in [0.29, 0.717) is 31.1 Å². The third kappa shape index (κ3) is 2.94. The van der Waals surface area contributed by atoms with E-state index in [1.165, 1.54) is 5.57 Å². The largest absolute Gasteiger partial charge is 0.481 e. The van der Waals surface area contributed by atoms with Gasteiger partial charge in [-0.3, -0.25) is 9.59 Å². The van der Waals surface area contributed by atoms with E-state index in [1.54, 1.807) is 0 Å². The Morgan fingerprint density at radius 2 is 1.60 bits per heavy atom. The molecule has 3 N–H and O–H groups in total. The van der Waals surface area contributed by atoms with Crippen molar-refractivity contribution >= 4 is 11.8 Å². The van der Waals surface area contributed by atoms with E-state index in [0.717, 1.165) is 25.7 Å². The van der Waals surface area contributed by atoms with Crippen LogP contribution in [0, 0.1) is 50.2 Å². The number of fused-ring (bicyclic) bond motifs is 7. The van der Waals surface area contributed by atoms with Crippen LogP contribution in [0.3, 0.4) is 0 Å². The van der Waals surface area contributed by atoms with Gasteiger partial charge in [0.2, 0.25) is 0 Å². The van der Waals surface area contributed by atoms with Gasteiger partial charge >= 0.3 is 5.97 Å². The number of carboxylic acids is 1. The van der Waals surface area contributed by atoms with Crippen LogP contribution < -0.4 is 0 Å². The minimum absolute atomic E-state index is 0.0172. The molecule has 5 nitrogen and oxygen atoms in total. The fourth-order valence-corrected chi connectivity index (χ4v) is 10.6. The summed E-state index contributed by atoms with van der Waals surface area (Å²) in [4.78, 5) is 25.8. The van der Waals surface area contributed by atoms with Gasteiger partial charge < -0.3 is 15.3 Å². The quantitative estimate of drug-likeness (QED) is 0.432. The van der Waals surface area contributed by atoms with Crippen LogP contribution >= 0.6 is 0 Å². The summed E-state index contributed by atoms with van der Waals surface area (Å²) in [6.45, 7) is 15.4. The molecule has 0 spiro atoms. The van der Waals surface area contributed by atoms with Crippen molar-refractivity contribution in [2.45, 2.75) is 112 Å². The minimum atomic E-state index is -0.977. The Hall–Kier alpha value is -1.20. The molecule has 0 aromatic heterocycles. The average molecular weight is 487 g/mol. The SMILES string of the molecule is CC1(C)CC2C3=CCC4[C@@]5(C)C[C@@H](O)[C@H](O)C(C)(C)C5CC[C@@]4(C)[C@]3(C)CC[C@@]2(C(=O)O)CC1=O. The number of hydrogen-bond donors (Lipinski definition) is 3. The molecule has 0 amide bonds. The van der Waals surface area contributed by atoms with E-state index in [9.17, 15) is 24.9 Å². The van der Waals surface area contributed by atoms with E-state index >= 15 is 0 Å². The molecule has 0 heterocycles. The molecule has 5 rings (SSSR count). The van der Waals surface area contributed by atoms with Crippen molar-refractivity contribution in [3.8, 4) is 0 Å². The first kappa shape index (κ1) is 25.4. The van der Waals surface area contributed by atoms with E-state index in [1.807, 2.05) is 13.8 Å². The predicted molar refractivity (Wildman–Crippen MR) is 134 cm³/mol. The van der Waals surface area contributed by atoms with Crippen LogP contribution in [-0.4, -0.2) is 39.3 Å². The summed E-state index contributed by atoms with van der Waals surface area (Å²) < 4.78 is 0. The average Bonchev–Trinajstić information content (AvgIpc) is 2.73. The highest BCUT2D eigenvalue weighted by Gasteiger charge is 2.70. The number of carboxylic acid groups (broad SMARTS) is 1. The lowest BCUT2D eigenvalue weighted by Crippen LogP contribution is -2.67. The van der Waals surface area contributed by atoms with Gasteiger partial charge in [-0.2, -0.15) is 0 Å². The van der Waals surface area contributed by atoms with Crippen molar-refractivity contribution in [1.29, 1.82) is 0 Å². The van der Waals surface area contributed by atoms with Gasteiger partial charge in [-0.1, -0.05) is 60.1 Å². The molecule has 0 radical (unpaired) electrons. The van der Waals surface area contributed by atoms with Crippen LogP contribution in [0.2, 0.25) is 0 Å². The van der Waals surface area contributed by atoms with E-state index in [4.69, 9.17) is 0 Å². The molecule has 5 aliphatic rings. The second-order valence-electron chi connectivity index (χ2n) is 15.0. The fraction of sp³-hybridized carbons (Fsp3) is 0.867. The molecular weight excluding hydrogens is 440 g/mol. The van der Waals surface area contributed by atoms with Gasteiger partial charge in [0.05, 0.1) is 17.6 Å². The van der Waals surface area contributed by atoms with Crippen molar-refractivity contribution in [3.63, 3.8) is 0 Å². The Balaban J connectivity index is 1.62. The van der Waals surface area contributed by atoms with Crippen LogP contribution in [0.1, 0.15) is 99.8 Å². The van der Waals surface area contributed by atoms with Gasteiger partial charge in [-0.05, 0) is 84.4 Å². The maximum absolute atomic E-state index is 13.0. The topological polar surface area (TPSA) is 94.8 Å². The van der Waals surface area contributed by atoms with Gasteiger partial charge in [0.15, 0.2) is 0 Å². The minimum Gasteiger partial charge on any atom is -0.481 e. The summed E-state index contributed by atoms with van der Waals surface area (Å²) in [6.07, 6.45) is 6.61. The van der Waals surface area contributed by atoms with Gasteiger partial charge in [-0.15, -0.1) is 0 Å². The second-order valence-corrected chi connectivity index (χ2v) is 15.0. The Bertz CT molecular complexity index is 995. The molecule has 0 bridgehead atoms. The number of allylic oxidation sites excluding steroid dienone is 2. The number of aliphatic hydroxyl groups excluding tert-OH is 2. The number of aliphatic hydroxyl groups is 2. The van der Waals surface area contributed by atoms with Gasteiger partial charge in [0.25, 0.3) is 0 Å². The van der Waals surface area contributed by atoms with Crippen LogP contribution in [-0.2, 0) is 9.59 Å². The molecule has 5 aliphatic carbocycles. The fourth-order valence-electron chi connectivity index (χ4n) is 10.6. The Kier molecular flexibility index (Phi) is 5.25. The zero-order valence-corrected chi connectivity index (χ0v) is 22.8. The lowest BCUT2D eigenvalue weighted by atomic mass is 9.33. The molecule has 0 aliphatic heterocycles. The first-order chi connectivity index (χ1) is 16.0. The summed E-state index contributed by atoms with van der Waals surface area (Å²) in [7, 11) is 0. The highest BCUT2D eigenvalue weighted by molar-refractivity contribution is 5.92. The maximum atomic E-state index is 13.0. The summed E-state index contributed by atoms with van der Waals surface area (Å²) >= 11 is 0. The monoisotopic (exact) mass is 486 g/mol. The van der Waals surface area contributed by atoms with Crippen molar-refractivity contribution in [2.75, 3.05) is 0 Å². The van der Waals surface area contributed by atoms with Gasteiger partial charge in [0.1, 0.15) is 5.78 Å². The van der Waals surface area contributed by atoms with Gasteiger partial charge in [0, 0.05) is 11.8 Å². The van der Waals surface area contributed by atoms with Crippen molar-refractivity contribution in [1.82, 2.24) is 0 Å². The molecule has 5 heteroatoms. The molecule has 196 valence electrons. The molecule has 0 aromatic carbocycles. The number of aliphatic carboxylic acids is 1. The lowest BCUT2D eigenvalue weighted by Gasteiger charge is -2.71. The number of ketones is 1. The standard InChI is InChI=1S/C30H46O5/c1-25(2)14-18-17-8-9-21-27(5)15-19(31)23(33)26(3,4)20(27)10-11-29(21,7)28(17,6)12-13-30(18,24(34)35)16-22(25)32/h8,18-21,23,31,33H,9-16H2,1-7H3,(H,34,35)/t18?,19-,20?,21?,23+,27+,28-,29-,30-/m1/s1. The Labute approximate surface area is 210 Å². The summed E-state index contributed by atoms with van der Waals surface area (Å²) in [5, 5.41) is 32.3. The number of hydrogen-bond acceptors (Lipinski definition) is 4. The Morgan fingerprint density at radius 3 is 2.23 bits per heavy atom. The smallest absolute Gasteiger partial charge is 0.310 e. The Morgan fingerprint density at radius 1 is 0.943 bits per heavy atom. The molecule has 3 unspecified atom stereocenters. The molecule has 4 saturated carbocycles. The summed E-state index contributed by atoms with van der Waals surface area (Å²) in [5.41, 5.74) is -0.775. The predicted octanol–water partition coefficient (Wildman–Crippen LogP) is 5.38. The first-order valence-electron chi connectivity index (χ1n) is 13.8. The molecule has 0 aromatic rings. The lowest BCUT2D eigenvalue weighted by molar-refractivity contribution is -0.231. The van der Waals surface area contributed by atoms with Crippen LogP contribution in [0.4, 0.5) is 0 Å². The molecular formula is C30H46O5. The van der Waals surface area contributed by atoms with Crippen LogP contribution in [0.5, 0.6) is 0 Å². The summed E-state index contributed by atoms with van der Waals surface area (Å²) in [5.74, 6) is -0.129. The van der Waals surface area contributed by atoms with E-state index < -0.39 is 29.0 Å². The normalized spacial score (nSPS) is 52.3. The number of Topliss-reactive ketones (excluding diaryl/α,β-unsaturated/α-hetero) is 1. The highest BCUT2D eigenvalue weighted by Crippen LogP contribution is 2.75. The number of carbonyl (C=O) groups excluding carboxylic acids is 1. The van der Waals surface area contributed by atoms with E-state index in [2.05, 4.69) is 40.7 Å². The van der Waals surface area contributed by atoms with Crippen molar-refractivity contribution < 1.29 is 24.9 Å². The van der Waals surface area contributed by atoms with Gasteiger partial charge in [-0.25, -0.2) is 0 Å². The third-order valence-electron chi connectivity index (χ3n) is 12.9. The third-order valence-corrected chi connectivity index (χ3v) is 12.9. The maximum Gasteiger partial charge on any atom is 0.310 e.